The Hall–Kier alpha value is -0.810. The van der Waals surface area contributed by atoms with E-state index in [-0.39, 0.29) is 6.04 Å². The number of aromatic nitrogens is 2. The molecule has 0 bridgehead atoms. The van der Waals surface area contributed by atoms with Crippen LogP contribution in [0.15, 0.2) is 18.6 Å². The van der Waals surface area contributed by atoms with Crippen molar-refractivity contribution in [1.82, 2.24) is 15.3 Å². The molecule has 0 aliphatic carbocycles. The smallest absolute Gasteiger partial charge is 0.0753 e. The molecule has 16 heavy (non-hydrogen) atoms. The Labute approximate surface area is 98.3 Å². The van der Waals surface area contributed by atoms with Gasteiger partial charge in [0.05, 0.1) is 5.69 Å². The van der Waals surface area contributed by atoms with E-state index in [2.05, 4.69) is 22.2 Å². The summed E-state index contributed by atoms with van der Waals surface area (Å²) in [5, 5.41) is 3.52. The van der Waals surface area contributed by atoms with Crippen molar-refractivity contribution in [3.8, 4) is 0 Å². The second kappa shape index (κ2) is 5.50. The highest BCUT2D eigenvalue weighted by Crippen LogP contribution is 2.14. The van der Waals surface area contributed by atoms with Crippen molar-refractivity contribution in [3.63, 3.8) is 0 Å². The highest BCUT2D eigenvalue weighted by molar-refractivity contribution is 7.85. The molecule has 0 saturated carbocycles. The summed E-state index contributed by atoms with van der Waals surface area (Å²) in [7, 11) is -0.588. The van der Waals surface area contributed by atoms with Crippen molar-refractivity contribution >= 4 is 10.8 Å². The first kappa shape index (κ1) is 11.7. The molecule has 1 aromatic rings. The molecule has 2 rings (SSSR count). The van der Waals surface area contributed by atoms with Crippen LogP contribution >= 0.6 is 0 Å². The van der Waals surface area contributed by atoms with Crippen LogP contribution in [0.25, 0.3) is 0 Å². The van der Waals surface area contributed by atoms with Crippen molar-refractivity contribution in [3.05, 3.63) is 24.3 Å². The minimum Gasteiger partial charge on any atom is -0.306 e. The monoisotopic (exact) mass is 239 g/mol. The maximum absolute atomic E-state index is 11.2. The van der Waals surface area contributed by atoms with E-state index in [0.717, 1.165) is 30.0 Å². The third-order valence-electron chi connectivity index (χ3n) is 2.90. The summed E-state index contributed by atoms with van der Waals surface area (Å²) in [6.07, 6.45) is 7.18. The number of nitrogens with one attached hydrogen (secondary N) is 1. The molecule has 1 N–H and O–H groups in total. The summed E-state index contributed by atoms with van der Waals surface area (Å²) in [5.74, 6) is 1.65. The number of hydrogen-bond donors (Lipinski definition) is 1. The van der Waals surface area contributed by atoms with Gasteiger partial charge in [0.2, 0.25) is 0 Å². The van der Waals surface area contributed by atoms with Crippen LogP contribution in [0.2, 0.25) is 0 Å². The van der Waals surface area contributed by atoms with E-state index in [4.69, 9.17) is 0 Å². The van der Waals surface area contributed by atoms with Gasteiger partial charge in [0.15, 0.2) is 0 Å². The molecule has 88 valence electrons. The summed E-state index contributed by atoms with van der Waals surface area (Å²) in [6.45, 7) is 2.09. The average molecular weight is 239 g/mol. The fraction of sp³-hybridized carbons (Fsp3) is 0.636. The first-order valence-corrected chi connectivity index (χ1v) is 7.11. The lowest BCUT2D eigenvalue weighted by Crippen LogP contribution is -2.37. The summed E-state index contributed by atoms with van der Waals surface area (Å²) in [5.41, 5.74) is 0.967. The lowest BCUT2D eigenvalue weighted by molar-refractivity contribution is 0.421. The molecule has 0 spiro atoms. The Morgan fingerprint density at radius 2 is 2.19 bits per heavy atom. The van der Waals surface area contributed by atoms with Gasteiger partial charge in [0.25, 0.3) is 0 Å². The van der Waals surface area contributed by atoms with Gasteiger partial charge in [0.1, 0.15) is 0 Å². The van der Waals surface area contributed by atoms with Crippen molar-refractivity contribution < 1.29 is 4.21 Å². The minimum atomic E-state index is -0.588. The molecule has 1 fully saturated rings. The van der Waals surface area contributed by atoms with Gasteiger partial charge in [-0.1, -0.05) is 0 Å². The predicted molar refractivity (Wildman–Crippen MR) is 64.5 cm³/mol. The molecule has 5 heteroatoms. The molecule has 0 radical (unpaired) electrons. The van der Waals surface area contributed by atoms with Crippen LogP contribution < -0.4 is 5.32 Å². The largest absolute Gasteiger partial charge is 0.306 e. The molecule has 0 aromatic carbocycles. The number of hydrogen-bond acceptors (Lipinski definition) is 4. The fourth-order valence-electron chi connectivity index (χ4n) is 1.93. The molecule has 4 nitrogen and oxygen atoms in total. The van der Waals surface area contributed by atoms with Crippen LogP contribution in [0.4, 0.5) is 0 Å². The van der Waals surface area contributed by atoms with Crippen LogP contribution in [0.5, 0.6) is 0 Å². The van der Waals surface area contributed by atoms with E-state index in [1.54, 1.807) is 18.6 Å². The number of rotatable bonds is 3. The van der Waals surface area contributed by atoms with E-state index >= 15 is 0 Å². The van der Waals surface area contributed by atoms with Crippen LogP contribution in [0.3, 0.4) is 0 Å². The van der Waals surface area contributed by atoms with Gasteiger partial charge in [-0.2, -0.15) is 0 Å². The standard InChI is InChI=1S/C11H17N3OS/c1-9(11-8-12-4-5-13-11)14-10-2-6-16(15)7-3-10/h4-5,8-10,14H,2-3,6-7H2,1H3. The molecule has 1 aliphatic rings. The molecular weight excluding hydrogens is 222 g/mol. The van der Waals surface area contributed by atoms with Crippen LogP contribution in [0.1, 0.15) is 31.5 Å². The van der Waals surface area contributed by atoms with E-state index in [9.17, 15) is 4.21 Å². The molecule has 0 amide bonds. The zero-order valence-electron chi connectivity index (χ0n) is 9.43. The minimum absolute atomic E-state index is 0.213. The Bertz CT molecular complexity index is 348. The van der Waals surface area contributed by atoms with E-state index < -0.39 is 10.8 Å². The maximum atomic E-state index is 11.2. The van der Waals surface area contributed by atoms with Crippen molar-refractivity contribution in [1.29, 1.82) is 0 Å². The van der Waals surface area contributed by atoms with Gasteiger partial charge in [-0.15, -0.1) is 0 Å². The topological polar surface area (TPSA) is 54.9 Å². The molecule has 1 unspecified atom stereocenters. The second-order valence-corrected chi connectivity index (χ2v) is 5.84. The molecule has 1 saturated heterocycles. The van der Waals surface area contributed by atoms with Gasteiger partial charge < -0.3 is 5.32 Å². The molecular formula is C11H17N3OS. The third kappa shape index (κ3) is 3.09. The van der Waals surface area contributed by atoms with Crippen LogP contribution in [0, 0.1) is 0 Å². The molecule has 1 aromatic heterocycles. The van der Waals surface area contributed by atoms with Crippen molar-refractivity contribution in [2.45, 2.75) is 31.8 Å². The second-order valence-electron chi connectivity index (χ2n) is 4.14. The van der Waals surface area contributed by atoms with E-state index in [0.29, 0.717) is 6.04 Å². The maximum Gasteiger partial charge on any atom is 0.0753 e. The summed E-state index contributed by atoms with van der Waals surface area (Å²) >= 11 is 0. The Morgan fingerprint density at radius 3 is 2.81 bits per heavy atom. The zero-order chi connectivity index (χ0) is 11.4. The highest BCUT2D eigenvalue weighted by Gasteiger charge is 2.20. The Kier molecular flexibility index (Phi) is 4.01. The van der Waals surface area contributed by atoms with Crippen LogP contribution in [-0.2, 0) is 10.8 Å². The lowest BCUT2D eigenvalue weighted by Gasteiger charge is -2.25. The van der Waals surface area contributed by atoms with Crippen LogP contribution in [-0.4, -0.2) is 31.7 Å². The first-order chi connectivity index (χ1) is 7.75. The van der Waals surface area contributed by atoms with Crippen molar-refractivity contribution in [2.24, 2.45) is 0 Å². The molecule has 2 heterocycles. The van der Waals surface area contributed by atoms with Gasteiger partial charge in [-0.05, 0) is 19.8 Å². The SMILES string of the molecule is CC(NC1CCS(=O)CC1)c1cnccn1. The van der Waals surface area contributed by atoms with Gasteiger partial charge in [-0.3, -0.25) is 14.2 Å². The molecule has 1 aliphatic heterocycles. The zero-order valence-corrected chi connectivity index (χ0v) is 10.2. The van der Waals surface area contributed by atoms with Gasteiger partial charge >= 0.3 is 0 Å². The lowest BCUT2D eigenvalue weighted by atomic mass is 10.1. The van der Waals surface area contributed by atoms with Gasteiger partial charge in [0, 0.05) is 53.0 Å². The van der Waals surface area contributed by atoms with E-state index in [1.807, 2.05) is 0 Å². The molecule has 1 atom stereocenters. The van der Waals surface area contributed by atoms with Crippen molar-refractivity contribution in [2.75, 3.05) is 11.5 Å². The third-order valence-corrected chi connectivity index (χ3v) is 4.28. The Morgan fingerprint density at radius 1 is 1.44 bits per heavy atom. The fourth-order valence-corrected chi connectivity index (χ4v) is 3.23. The summed E-state index contributed by atoms with van der Waals surface area (Å²) in [4.78, 5) is 8.33. The summed E-state index contributed by atoms with van der Waals surface area (Å²) in [6, 6.07) is 0.681. The average Bonchev–Trinajstić information content (AvgIpc) is 2.33. The first-order valence-electron chi connectivity index (χ1n) is 5.62. The Balaban J connectivity index is 1.88. The number of nitrogens with zero attached hydrogens (tertiary/aromatic N) is 2. The quantitative estimate of drug-likeness (QED) is 0.856. The highest BCUT2D eigenvalue weighted by atomic mass is 32.2. The van der Waals surface area contributed by atoms with E-state index in [1.165, 1.54) is 0 Å². The van der Waals surface area contributed by atoms with Gasteiger partial charge in [-0.25, -0.2) is 0 Å². The normalized spacial score (nSPS) is 27.6. The predicted octanol–water partition coefficient (Wildman–Crippen LogP) is 1.04. The summed E-state index contributed by atoms with van der Waals surface area (Å²) < 4.78 is 11.2.